The van der Waals surface area contributed by atoms with Gasteiger partial charge in [0.1, 0.15) is 0 Å². The van der Waals surface area contributed by atoms with Crippen molar-refractivity contribution >= 4 is 0 Å². The van der Waals surface area contributed by atoms with Crippen molar-refractivity contribution in [3.63, 3.8) is 0 Å². The SMILES string of the molecule is CN(C)C.[C-]1=CC=CC1.[Hf]. The molecule has 0 radical (unpaired) electrons. The molecule has 0 bridgehead atoms. The molecule has 1 nitrogen and oxygen atoms in total. The van der Waals surface area contributed by atoms with Gasteiger partial charge in [0.05, 0.1) is 0 Å². The zero-order valence-electron chi connectivity index (χ0n) is 6.89. The average molecular weight is 303 g/mol. The van der Waals surface area contributed by atoms with Gasteiger partial charge in [-0.25, -0.2) is 12.2 Å². The van der Waals surface area contributed by atoms with Crippen LogP contribution in [-0.2, 0) is 25.8 Å². The van der Waals surface area contributed by atoms with Gasteiger partial charge >= 0.3 is 0 Å². The standard InChI is InChI=1S/C5H5.C3H9N.Hf/c1-2-4-5-3-1;1-4(2)3;/h1-3H,4H2;1-3H3;/q-1;;. The second-order valence-electron chi connectivity index (χ2n) is 2.34. The van der Waals surface area contributed by atoms with Crippen LogP contribution in [0.3, 0.4) is 0 Å². The Labute approximate surface area is 82.6 Å². The number of hydrogen-bond acceptors (Lipinski definition) is 1. The zero-order chi connectivity index (χ0) is 7.11. The molecule has 0 aromatic heterocycles. The van der Waals surface area contributed by atoms with E-state index >= 15 is 0 Å². The van der Waals surface area contributed by atoms with E-state index in [9.17, 15) is 0 Å². The Bertz CT molecular complexity index is 93.1. The summed E-state index contributed by atoms with van der Waals surface area (Å²) in [6, 6.07) is 0. The molecule has 0 spiro atoms. The molecule has 0 aliphatic heterocycles. The van der Waals surface area contributed by atoms with E-state index < -0.39 is 0 Å². The summed E-state index contributed by atoms with van der Waals surface area (Å²) in [6.45, 7) is 0. The Kier molecular flexibility index (Phi) is 12.0. The predicted molar refractivity (Wildman–Crippen MR) is 41.2 cm³/mol. The minimum absolute atomic E-state index is 0. The van der Waals surface area contributed by atoms with E-state index in [1.165, 1.54) is 0 Å². The minimum Gasteiger partial charge on any atom is -0.312 e. The molecule has 56 valence electrons. The van der Waals surface area contributed by atoms with Crippen molar-refractivity contribution in [3.05, 3.63) is 24.3 Å². The van der Waals surface area contributed by atoms with Crippen molar-refractivity contribution in [3.8, 4) is 0 Å². The third kappa shape index (κ3) is 15.7. The van der Waals surface area contributed by atoms with Crippen LogP contribution in [0.1, 0.15) is 6.42 Å². The fraction of sp³-hybridized carbons (Fsp3) is 0.500. The van der Waals surface area contributed by atoms with Crippen LogP contribution in [0.25, 0.3) is 0 Å². The molecule has 1 aliphatic rings. The first-order valence-electron chi connectivity index (χ1n) is 3.06. The first kappa shape index (κ1) is 12.9. The van der Waals surface area contributed by atoms with E-state index in [-0.39, 0.29) is 25.8 Å². The molecule has 0 unspecified atom stereocenters. The summed E-state index contributed by atoms with van der Waals surface area (Å²) in [7, 11) is 6.00. The monoisotopic (exact) mass is 304 g/mol. The van der Waals surface area contributed by atoms with Gasteiger partial charge in [-0.3, -0.25) is 6.08 Å². The number of nitrogens with zero attached hydrogens (tertiary/aromatic N) is 1. The van der Waals surface area contributed by atoms with Gasteiger partial charge in [-0.15, -0.1) is 6.42 Å². The molecule has 1 aliphatic carbocycles. The van der Waals surface area contributed by atoms with Gasteiger partial charge in [-0.05, 0) is 21.1 Å². The van der Waals surface area contributed by atoms with Crippen molar-refractivity contribution < 1.29 is 25.8 Å². The smallest absolute Gasteiger partial charge is 0 e. The van der Waals surface area contributed by atoms with E-state index in [4.69, 9.17) is 0 Å². The maximum absolute atomic E-state index is 2.99. The van der Waals surface area contributed by atoms with Crippen LogP contribution in [0.15, 0.2) is 18.2 Å². The largest absolute Gasteiger partial charge is 0.312 e. The van der Waals surface area contributed by atoms with E-state index in [1.807, 2.05) is 38.2 Å². The maximum atomic E-state index is 2.99. The van der Waals surface area contributed by atoms with Gasteiger partial charge in [0.2, 0.25) is 0 Å². The van der Waals surface area contributed by atoms with Crippen LogP contribution in [0.4, 0.5) is 0 Å². The molecule has 1 rings (SSSR count). The normalized spacial score (nSPS) is 12.4. The number of hydrogen-bond donors (Lipinski definition) is 0. The van der Waals surface area contributed by atoms with E-state index in [2.05, 4.69) is 12.2 Å². The summed E-state index contributed by atoms with van der Waals surface area (Å²) < 4.78 is 0. The fourth-order valence-corrected chi connectivity index (χ4v) is 0.340. The molecule has 0 saturated carbocycles. The van der Waals surface area contributed by atoms with Gasteiger partial charge < -0.3 is 4.90 Å². The van der Waals surface area contributed by atoms with Gasteiger partial charge in [0, 0.05) is 25.8 Å². The summed E-state index contributed by atoms with van der Waals surface area (Å²) >= 11 is 0. The maximum Gasteiger partial charge on any atom is 0 e. The number of allylic oxidation sites excluding steroid dienone is 4. The van der Waals surface area contributed by atoms with Crippen LogP contribution < -0.4 is 0 Å². The van der Waals surface area contributed by atoms with Crippen molar-refractivity contribution in [2.24, 2.45) is 0 Å². The van der Waals surface area contributed by atoms with Crippen LogP contribution in [0.2, 0.25) is 0 Å². The molecule has 0 aromatic rings. The van der Waals surface area contributed by atoms with Crippen molar-refractivity contribution in [2.45, 2.75) is 6.42 Å². The Hall–Kier alpha value is 0.310. The second kappa shape index (κ2) is 9.31. The summed E-state index contributed by atoms with van der Waals surface area (Å²) in [5, 5.41) is 0. The summed E-state index contributed by atoms with van der Waals surface area (Å²) in [4.78, 5) is 2.00. The quantitative estimate of drug-likeness (QED) is 0.484. The zero-order valence-corrected chi connectivity index (χ0v) is 10.5. The van der Waals surface area contributed by atoms with Gasteiger partial charge in [-0.1, -0.05) is 0 Å². The first-order valence-corrected chi connectivity index (χ1v) is 3.06. The third-order valence-corrected chi connectivity index (χ3v) is 0.586. The fourth-order valence-electron chi connectivity index (χ4n) is 0.340. The summed E-state index contributed by atoms with van der Waals surface area (Å²) in [6.07, 6.45) is 10.0. The van der Waals surface area contributed by atoms with Crippen molar-refractivity contribution in [1.29, 1.82) is 0 Å². The molecule has 10 heavy (non-hydrogen) atoms. The molecule has 0 heterocycles. The molecule has 0 fully saturated rings. The van der Waals surface area contributed by atoms with Gasteiger partial charge in [0.15, 0.2) is 0 Å². The first-order chi connectivity index (χ1) is 4.23. The van der Waals surface area contributed by atoms with E-state index in [0.717, 1.165) is 6.42 Å². The van der Waals surface area contributed by atoms with Crippen LogP contribution in [-0.4, -0.2) is 26.0 Å². The molecule has 0 amide bonds. The third-order valence-electron chi connectivity index (χ3n) is 0.586. The Balaban J connectivity index is 0. The Morgan fingerprint density at radius 1 is 1.30 bits per heavy atom. The van der Waals surface area contributed by atoms with Crippen molar-refractivity contribution in [1.82, 2.24) is 4.90 Å². The van der Waals surface area contributed by atoms with E-state index in [1.54, 1.807) is 0 Å². The summed E-state index contributed by atoms with van der Waals surface area (Å²) in [5.74, 6) is 0. The Morgan fingerprint density at radius 2 is 1.80 bits per heavy atom. The predicted octanol–water partition coefficient (Wildman–Crippen LogP) is 1.48. The topological polar surface area (TPSA) is 3.24 Å². The van der Waals surface area contributed by atoms with E-state index in [0.29, 0.717) is 0 Å². The molecular formula is C8H14HfN-. The Morgan fingerprint density at radius 3 is 1.90 bits per heavy atom. The van der Waals surface area contributed by atoms with Gasteiger partial charge in [-0.2, -0.15) is 6.08 Å². The molecule has 0 saturated heterocycles. The molecular weight excluding hydrogens is 289 g/mol. The van der Waals surface area contributed by atoms with Crippen molar-refractivity contribution in [2.75, 3.05) is 21.1 Å². The van der Waals surface area contributed by atoms with Crippen LogP contribution in [0, 0.1) is 6.08 Å². The molecule has 2 heteroatoms. The molecule has 0 aromatic carbocycles. The number of rotatable bonds is 0. The van der Waals surface area contributed by atoms with Crippen LogP contribution in [0.5, 0.6) is 0 Å². The van der Waals surface area contributed by atoms with Gasteiger partial charge in [0.25, 0.3) is 0 Å². The van der Waals surface area contributed by atoms with Crippen LogP contribution >= 0.6 is 0 Å². The summed E-state index contributed by atoms with van der Waals surface area (Å²) in [5.41, 5.74) is 0. The average Bonchev–Trinajstić information content (AvgIpc) is 2.11. The molecule has 0 atom stereocenters. The minimum atomic E-state index is 0. The molecule has 0 N–H and O–H groups in total. The second-order valence-corrected chi connectivity index (χ2v) is 2.34.